The molecule has 1 N–H and O–H groups in total. The number of amides is 1. The van der Waals surface area contributed by atoms with Crippen molar-refractivity contribution in [2.45, 2.75) is 44.8 Å². The zero-order chi connectivity index (χ0) is 15.2. The first-order valence-corrected chi connectivity index (χ1v) is 7.30. The van der Waals surface area contributed by atoms with Crippen LogP contribution in [0.15, 0.2) is 30.3 Å². The van der Waals surface area contributed by atoms with Crippen LogP contribution < -0.4 is 5.32 Å². The molecule has 1 aliphatic heterocycles. The van der Waals surface area contributed by atoms with E-state index in [-0.39, 0.29) is 6.10 Å². The van der Waals surface area contributed by atoms with Crippen molar-refractivity contribution in [3.05, 3.63) is 35.9 Å². The highest BCUT2D eigenvalue weighted by atomic mass is 16.6. The van der Waals surface area contributed by atoms with Gasteiger partial charge in [-0.25, -0.2) is 9.59 Å². The fourth-order valence-electron chi connectivity index (χ4n) is 2.41. The molecule has 1 aliphatic rings. The van der Waals surface area contributed by atoms with E-state index in [1.165, 1.54) is 5.56 Å². The monoisotopic (exact) mass is 291 g/mol. The molecule has 0 radical (unpaired) electrons. The Balaban J connectivity index is 1.73. The van der Waals surface area contributed by atoms with Crippen LogP contribution in [0.1, 0.15) is 38.2 Å². The highest BCUT2D eigenvalue weighted by Gasteiger charge is 2.40. The number of hydrogen-bond donors (Lipinski definition) is 1. The number of carbonyl (C=O) groups excluding carboxylic acids is 2. The van der Waals surface area contributed by atoms with Gasteiger partial charge in [-0.2, -0.15) is 0 Å². The average Bonchev–Trinajstić information content (AvgIpc) is 2.50. The molecule has 1 amide bonds. The van der Waals surface area contributed by atoms with Gasteiger partial charge in [0.25, 0.3) is 0 Å². The van der Waals surface area contributed by atoms with Crippen LogP contribution in [0.25, 0.3) is 0 Å². The molecule has 5 heteroatoms. The van der Waals surface area contributed by atoms with Crippen molar-refractivity contribution in [3.8, 4) is 0 Å². The van der Waals surface area contributed by atoms with E-state index in [0.29, 0.717) is 12.5 Å². The molecule has 1 aromatic rings. The molecule has 0 bridgehead atoms. The lowest BCUT2D eigenvalue weighted by Crippen LogP contribution is -2.58. The van der Waals surface area contributed by atoms with Crippen LogP contribution in [0.5, 0.6) is 0 Å². The second kappa shape index (κ2) is 7.11. The maximum atomic E-state index is 11.6. The van der Waals surface area contributed by atoms with Gasteiger partial charge in [0.1, 0.15) is 6.10 Å². The lowest BCUT2D eigenvalue weighted by molar-refractivity contribution is -0.174. The van der Waals surface area contributed by atoms with E-state index >= 15 is 0 Å². The minimum atomic E-state index is -0.575. The molecule has 1 unspecified atom stereocenters. The van der Waals surface area contributed by atoms with Gasteiger partial charge in [0, 0.05) is 0 Å². The number of alkyl carbamates (subject to hydrolysis) is 1. The fraction of sp³-hybridized carbons (Fsp3) is 0.500. The molecule has 1 aromatic carbocycles. The molecule has 2 rings (SSSR count). The number of hydrogen-bond acceptors (Lipinski definition) is 4. The molecular weight excluding hydrogens is 270 g/mol. The first-order chi connectivity index (χ1) is 10.1. The van der Waals surface area contributed by atoms with Crippen molar-refractivity contribution in [3.63, 3.8) is 0 Å². The van der Waals surface area contributed by atoms with E-state index in [4.69, 9.17) is 9.47 Å². The van der Waals surface area contributed by atoms with E-state index < -0.39 is 18.1 Å². The number of esters is 1. The summed E-state index contributed by atoms with van der Waals surface area (Å²) in [5, 5.41) is 2.51. The Labute approximate surface area is 124 Å². The molecule has 0 saturated carbocycles. The standard InChI is InChI=1S/C16H21NO4/c1-3-12(13-7-5-4-6-8-13)9-10-20-16(19)17-14-11(2)21-15(14)18/h4-8,11-12,14H,3,9-10H2,1-2H3,(H,17,19)/t11-,12?,14+/m1/s1. The normalized spacial score (nSPS) is 21.9. The van der Waals surface area contributed by atoms with Gasteiger partial charge in [-0.15, -0.1) is 0 Å². The van der Waals surface area contributed by atoms with E-state index in [9.17, 15) is 9.59 Å². The largest absolute Gasteiger partial charge is 0.458 e. The Hall–Kier alpha value is -2.04. The molecule has 0 aliphatic carbocycles. The maximum absolute atomic E-state index is 11.6. The van der Waals surface area contributed by atoms with Gasteiger partial charge >= 0.3 is 12.1 Å². The van der Waals surface area contributed by atoms with Crippen LogP contribution in [-0.4, -0.2) is 30.8 Å². The summed E-state index contributed by atoms with van der Waals surface area (Å²) in [5.41, 5.74) is 1.25. The lowest BCUT2D eigenvalue weighted by atomic mass is 9.94. The highest BCUT2D eigenvalue weighted by molar-refractivity contribution is 5.86. The number of rotatable bonds is 6. The fourth-order valence-corrected chi connectivity index (χ4v) is 2.41. The van der Waals surface area contributed by atoms with Gasteiger partial charge in [0.05, 0.1) is 6.61 Å². The third kappa shape index (κ3) is 3.97. The second-order valence-electron chi connectivity index (χ2n) is 5.20. The van der Waals surface area contributed by atoms with Crippen molar-refractivity contribution >= 4 is 12.1 Å². The van der Waals surface area contributed by atoms with Crippen LogP contribution in [0, 0.1) is 0 Å². The van der Waals surface area contributed by atoms with Gasteiger partial charge in [-0.3, -0.25) is 0 Å². The minimum Gasteiger partial charge on any atom is -0.458 e. The van der Waals surface area contributed by atoms with Crippen LogP contribution in [-0.2, 0) is 14.3 Å². The molecule has 1 saturated heterocycles. The molecule has 3 atom stereocenters. The molecule has 114 valence electrons. The van der Waals surface area contributed by atoms with Crippen LogP contribution in [0.4, 0.5) is 4.79 Å². The number of cyclic esters (lactones) is 1. The summed E-state index contributed by atoms with van der Waals surface area (Å²) in [4.78, 5) is 22.7. The van der Waals surface area contributed by atoms with Crippen LogP contribution >= 0.6 is 0 Å². The van der Waals surface area contributed by atoms with Crippen molar-refractivity contribution in [2.24, 2.45) is 0 Å². The van der Waals surface area contributed by atoms with E-state index in [0.717, 1.165) is 12.8 Å². The van der Waals surface area contributed by atoms with Gasteiger partial charge in [-0.05, 0) is 31.2 Å². The third-order valence-corrected chi connectivity index (χ3v) is 3.76. The number of benzene rings is 1. The minimum absolute atomic E-state index is 0.280. The molecule has 21 heavy (non-hydrogen) atoms. The predicted molar refractivity (Wildman–Crippen MR) is 77.9 cm³/mol. The van der Waals surface area contributed by atoms with Crippen molar-refractivity contribution in [1.29, 1.82) is 0 Å². The SMILES string of the molecule is CCC(CCOC(=O)N[C@@H]1C(=O)O[C@@H]1C)c1ccccc1. The Morgan fingerprint density at radius 1 is 1.38 bits per heavy atom. The van der Waals surface area contributed by atoms with Gasteiger partial charge in [0.15, 0.2) is 6.04 Å². The molecular formula is C16H21NO4. The first-order valence-electron chi connectivity index (χ1n) is 7.30. The number of nitrogens with one attached hydrogen (secondary N) is 1. The van der Waals surface area contributed by atoms with Gasteiger partial charge in [-0.1, -0.05) is 37.3 Å². The predicted octanol–water partition coefficient (Wildman–Crippen LogP) is 2.61. The lowest BCUT2D eigenvalue weighted by Gasteiger charge is -2.32. The average molecular weight is 291 g/mol. The summed E-state index contributed by atoms with van der Waals surface area (Å²) >= 11 is 0. The number of carbonyl (C=O) groups is 2. The van der Waals surface area contributed by atoms with Crippen molar-refractivity contribution in [1.82, 2.24) is 5.32 Å². The first kappa shape index (κ1) is 15.4. The van der Waals surface area contributed by atoms with Crippen molar-refractivity contribution < 1.29 is 19.1 Å². The topological polar surface area (TPSA) is 64.6 Å². The van der Waals surface area contributed by atoms with E-state index in [1.807, 2.05) is 18.2 Å². The molecule has 1 heterocycles. The summed E-state index contributed by atoms with van der Waals surface area (Å²) in [6, 6.07) is 9.60. The smallest absolute Gasteiger partial charge is 0.407 e. The van der Waals surface area contributed by atoms with E-state index in [1.54, 1.807) is 6.92 Å². The maximum Gasteiger partial charge on any atom is 0.407 e. The Bertz CT molecular complexity index is 488. The summed E-state index contributed by atoms with van der Waals surface area (Å²) in [6.45, 7) is 4.17. The zero-order valence-corrected chi connectivity index (χ0v) is 12.4. The summed E-state index contributed by atoms with van der Waals surface area (Å²) in [6.07, 6.45) is 0.906. The summed E-state index contributed by atoms with van der Waals surface area (Å²) in [5.74, 6) is -0.0400. The third-order valence-electron chi connectivity index (χ3n) is 3.76. The zero-order valence-electron chi connectivity index (χ0n) is 12.4. The van der Waals surface area contributed by atoms with Crippen LogP contribution in [0.2, 0.25) is 0 Å². The summed E-state index contributed by atoms with van der Waals surface area (Å²) < 4.78 is 9.90. The molecule has 0 spiro atoms. The van der Waals surface area contributed by atoms with Gasteiger partial charge < -0.3 is 14.8 Å². The Kier molecular flexibility index (Phi) is 5.20. The molecule has 0 aromatic heterocycles. The molecule has 1 fully saturated rings. The highest BCUT2D eigenvalue weighted by Crippen LogP contribution is 2.22. The van der Waals surface area contributed by atoms with Crippen molar-refractivity contribution in [2.75, 3.05) is 6.61 Å². The van der Waals surface area contributed by atoms with Crippen LogP contribution in [0.3, 0.4) is 0 Å². The molecule has 5 nitrogen and oxygen atoms in total. The quantitative estimate of drug-likeness (QED) is 0.818. The van der Waals surface area contributed by atoms with E-state index in [2.05, 4.69) is 24.4 Å². The van der Waals surface area contributed by atoms with Gasteiger partial charge in [0.2, 0.25) is 0 Å². The second-order valence-corrected chi connectivity index (χ2v) is 5.20. The Morgan fingerprint density at radius 3 is 2.67 bits per heavy atom. The summed E-state index contributed by atoms with van der Waals surface area (Å²) in [7, 11) is 0. The Morgan fingerprint density at radius 2 is 2.10 bits per heavy atom. The number of ether oxygens (including phenoxy) is 2.